The van der Waals surface area contributed by atoms with Crippen LogP contribution in [0.1, 0.15) is 16.1 Å². The molecule has 4 aromatic rings. The van der Waals surface area contributed by atoms with Crippen LogP contribution >= 0.6 is 11.6 Å². The highest BCUT2D eigenvalue weighted by Gasteiger charge is 2.34. The van der Waals surface area contributed by atoms with Gasteiger partial charge in [0.2, 0.25) is 11.8 Å². The lowest BCUT2D eigenvalue weighted by atomic mass is 10.1. The predicted molar refractivity (Wildman–Crippen MR) is 122 cm³/mol. The third-order valence-corrected chi connectivity index (χ3v) is 5.03. The summed E-state index contributed by atoms with van der Waals surface area (Å²) in [7, 11) is 2.72. The Morgan fingerprint density at radius 1 is 1.11 bits per heavy atom. The number of nitrogens with zero attached hydrogens (tertiary/aromatic N) is 5. The third kappa shape index (κ3) is 5.15. The van der Waals surface area contributed by atoms with E-state index in [1.54, 1.807) is 18.2 Å². The molecule has 4 rings (SSSR count). The number of hydrogen-bond acceptors (Lipinski definition) is 8. The molecule has 0 fully saturated rings. The summed E-state index contributed by atoms with van der Waals surface area (Å²) in [5, 5.41) is 16.4. The van der Waals surface area contributed by atoms with Crippen molar-refractivity contribution in [2.75, 3.05) is 19.5 Å². The quantitative estimate of drug-likeness (QED) is 0.351. The first-order chi connectivity index (χ1) is 17.1. The van der Waals surface area contributed by atoms with E-state index in [2.05, 4.69) is 25.4 Å². The van der Waals surface area contributed by atoms with Crippen LogP contribution in [0.3, 0.4) is 0 Å². The molecule has 1 aromatic carbocycles. The Bertz CT molecular complexity index is 1440. The predicted octanol–water partition coefficient (Wildman–Crippen LogP) is 4.86. The topological polar surface area (TPSA) is 124 Å². The molecule has 3 heterocycles. The van der Waals surface area contributed by atoms with E-state index < -0.39 is 17.8 Å². The molecular weight excluding hydrogens is 505 g/mol. The number of nitrogens with one attached hydrogen (secondary N) is 1. The minimum absolute atomic E-state index is 0.00190. The summed E-state index contributed by atoms with van der Waals surface area (Å²) in [6.07, 6.45) is -1.02. The maximum absolute atomic E-state index is 13.2. The van der Waals surface area contributed by atoms with E-state index in [0.717, 1.165) is 16.9 Å². The van der Waals surface area contributed by atoms with Crippen LogP contribution in [-0.4, -0.2) is 50.0 Å². The van der Waals surface area contributed by atoms with Gasteiger partial charge in [0.25, 0.3) is 0 Å². The molecule has 14 heteroatoms. The van der Waals surface area contributed by atoms with Crippen LogP contribution < -0.4 is 14.8 Å². The maximum Gasteiger partial charge on any atom is 0.435 e. The lowest BCUT2D eigenvalue weighted by Gasteiger charge is -2.13. The first-order valence-electron chi connectivity index (χ1n) is 9.98. The molecule has 186 valence electrons. The van der Waals surface area contributed by atoms with Crippen molar-refractivity contribution in [3.8, 4) is 28.6 Å². The van der Waals surface area contributed by atoms with Crippen LogP contribution in [0.15, 0.2) is 48.9 Å². The fraction of sp³-hybridized carbons (Fsp3) is 0.136. The number of carbonyl (C=O) groups is 1. The van der Waals surface area contributed by atoms with Crippen LogP contribution in [0, 0.1) is 0 Å². The Kier molecular flexibility index (Phi) is 6.66. The number of ether oxygens (including phenoxy) is 2. The molecule has 0 unspecified atom stereocenters. The molecule has 36 heavy (non-hydrogen) atoms. The van der Waals surface area contributed by atoms with E-state index in [0.29, 0.717) is 16.5 Å². The van der Waals surface area contributed by atoms with Gasteiger partial charge < -0.3 is 19.9 Å². The highest BCUT2D eigenvalue weighted by molar-refractivity contribution is 6.31. The van der Waals surface area contributed by atoms with Gasteiger partial charge in [0.1, 0.15) is 11.3 Å². The number of aromatic carboxylic acids is 1. The molecule has 0 atom stereocenters. The van der Waals surface area contributed by atoms with Crippen molar-refractivity contribution in [2.45, 2.75) is 6.18 Å². The number of rotatable bonds is 7. The second kappa shape index (κ2) is 9.70. The van der Waals surface area contributed by atoms with Crippen molar-refractivity contribution < 1.29 is 32.5 Å². The maximum atomic E-state index is 13.2. The molecule has 0 amide bonds. The normalized spacial score (nSPS) is 11.3. The summed E-state index contributed by atoms with van der Waals surface area (Å²) in [5.41, 5.74) is -0.568. The first kappa shape index (κ1) is 24.7. The van der Waals surface area contributed by atoms with E-state index in [-0.39, 0.29) is 34.3 Å². The minimum atomic E-state index is -4.69. The van der Waals surface area contributed by atoms with E-state index in [1.165, 1.54) is 32.7 Å². The van der Waals surface area contributed by atoms with Gasteiger partial charge in [-0.1, -0.05) is 11.6 Å². The Morgan fingerprint density at radius 2 is 1.89 bits per heavy atom. The minimum Gasteiger partial charge on any atom is -0.497 e. The smallest absolute Gasteiger partial charge is 0.435 e. The molecule has 0 aliphatic heterocycles. The van der Waals surface area contributed by atoms with Crippen molar-refractivity contribution in [3.05, 3.63) is 65.2 Å². The first-order valence-corrected chi connectivity index (χ1v) is 10.4. The summed E-state index contributed by atoms with van der Waals surface area (Å²) < 4.78 is 50.7. The number of halogens is 4. The molecule has 0 saturated heterocycles. The molecule has 0 saturated carbocycles. The Hall–Kier alpha value is -4.39. The Balaban J connectivity index is 1.85. The van der Waals surface area contributed by atoms with Gasteiger partial charge in [-0.25, -0.2) is 19.4 Å². The zero-order valence-corrected chi connectivity index (χ0v) is 19.3. The van der Waals surface area contributed by atoms with Gasteiger partial charge in [-0.15, -0.1) is 0 Å². The number of pyridine rings is 1. The molecule has 2 N–H and O–H groups in total. The zero-order valence-electron chi connectivity index (χ0n) is 18.5. The van der Waals surface area contributed by atoms with Crippen LogP contribution in [0.4, 0.5) is 24.8 Å². The van der Waals surface area contributed by atoms with E-state index in [9.17, 15) is 23.1 Å². The zero-order chi connectivity index (χ0) is 26.0. The SMILES string of the molecule is COc1cc(Cl)cc(Nc2ncc(-c3cnc(OC)c(C(=O)O)c3)c(-n3ccc(C(F)(F)F)n3)n2)c1. The number of methoxy groups -OCH3 is 2. The van der Waals surface area contributed by atoms with Gasteiger partial charge in [-0.3, -0.25) is 0 Å². The van der Waals surface area contributed by atoms with Gasteiger partial charge >= 0.3 is 12.1 Å². The van der Waals surface area contributed by atoms with Crippen molar-refractivity contribution in [3.63, 3.8) is 0 Å². The molecule has 0 radical (unpaired) electrons. The fourth-order valence-corrected chi connectivity index (χ4v) is 3.43. The number of anilines is 2. The van der Waals surface area contributed by atoms with Crippen molar-refractivity contribution in [1.82, 2.24) is 24.7 Å². The second-order valence-electron chi connectivity index (χ2n) is 7.16. The van der Waals surface area contributed by atoms with Crippen molar-refractivity contribution in [1.29, 1.82) is 0 Å². The lowest BCUT2D eigenvalue weighted by Crippen LogP contribution is -2.10. The van der Waals surface area contributed by atoms with Crippen molar-refractivity contribution in [2.24, 2.45) is 0 Å². The molecule has 0 aliphatic carbocycles. The molecule has 0 aliphatic rings. The fourth-order valence-electron chi connectivity index (χ4n) is 3.20. The highest BCUT2D eigenvalue weighted by atomic mass is 35.5. The Morgan fingerprint density at radius 3 is 2.53 bits per heavy atom. The number of carboxylic acid groups (broad SMARTS) is 1. The van der Waals surface area contributed by atoms with Gasteiger partial charge in [0.05, 0.1) is 14.2 Å². The second-order valence-corrected chi connectivity index (χ2v) is 7.60. The average molecular weight is 521 g/mol. The number of aromatic nitrogens is 5. The van der Waals surface area contributed by atoms with Crippen LogP contribution in [0.25, 0.3) is 16.9 Å². The van der Waals surface area contributed by atoms with E-state index in [4.69, 9.17) is 21.1 Å². The van der Waals surface area contributed by atoms with Crippen molar-refractivity contribution >= 4 is 29.2 Å². The molecule has 0 spiro atoms. The van der Waals surface area contributed by atoms with E-state index in [1.807, 2.05) is 0 Å². The summed E-state index contributed by atoms with van der Waals surface area (Å²) in [4.78, 5) is 24.2. The van der Waals surface area contributed by atoms with Gasteiger partial charge in [0, 0.05) is 46.5 Å². The summed E-state index contributed by atoms with van der Waals surface area (Å²) in [6, 6.07) is 6.81. The summed E-state index contributed by atoms with van der Waals surface area (Å²) >= 11 is 6.09. The average Bonchev–Trinajstić information content (AvgIpc) is 3.34. The number of carboxylic acids is 1. The lowest BCUT2D eigenvalue weighted by molar-refractivity contribution is -0.141. The molecule has 0 bridgehead atoms. The van der Waals surface area contributed by atoms with E-state index >= 15 is 0 Å². The molecular formula is C22H16ClF3N6O4. The van der Waals surface area contributed by atoms with Gasteiger partial charge in [-0.2, -0.15) is 23.3 Å². The van der Waals surface area contributed by atoms with Gasteiger partial charge in [-0.05, 0) is 24.3 Å². The number of alkyl halides is 3. The monoisotopic (exact) mass is 520 g/mol. The van der Waals surface area contributed by atoms with Crippen LogP contribution in [0.2, 0.25) is 5.02 Å². The largest absolute Gasteiger partial charge is 0.497 e. The standard InChI is InChI=1S/C22H16ClF3N6O4/c1-35-14-7-12(23)6-13(8-14)29-21-28-10-16(11-5-15(20(33)34)19(36-2)27-9-11)18(30-21)32-4-3-17(31-32)22(24,25)26/h3-10H,1-2H3,(H,33,34)(H,28,29,30). The van der Waals surface area contributed by atoms with Crippen LogP contribution in [-0.2, 0) is 6.18 Å². The molecule has 10 nitrogen and oxygen atoms in total. The molecule has 3 aromatic heterocycles. The highest BCUT2D eigenvalue weighted by Crippen LogP contribution is 2.32. The number of benzene rings is 1. The summed E-state index contributed by atoms with van der Waals surface area (Å²) in [6.45, 7) is 0. The van der Waals surface area contributed by atoms with Crippen LogP contribution in [0.5, 0.6) is 11.6 Å². The summed E-state index contributed by atoms with van der Waals surface area (Å²) in [5.74, 6) is -1.06. The Labute approximate surface area is 206 Å². The third-order valence-electron chi connectivity index (χ3n) is 4.81. The number of hydrogen-bond donors (Lipinski definition) is 2. The van der Waals surface area contributed by atoms with Gasteiger partial charge in [0.15, 0.2) is 11.5 Å².